The lowest BCUT2D eigenvalue weighted by atomic mass is 9.98. The van der Waals surface area contributed by atoms with Gasteiger partial charge in [0.15, 0.2) is 10.8 Å². The number of aryl methyl sites for hydroxylation is 1. The van der Waals surface area contributed by atoms with E-state index in [2.05, 4.69) is 35.9 Å². The number of rotatable bonds is 4. The van der Waals surface area contributed by atoms with Crippen LogP contribution >= 0.6 is 11.3 Å². The Bertz CT molecular complexity index is 1780. The lowest BCUT2D eigenvalue weighted by Crippen LogP contribution is -2.50. The molecule has 0 aliphatic carbocycles. The number of nitrogens with one attached hydrogen (secondary N) is 4. The zero-order chi connectivity index (χ0) is 33.3. The third-order valence-electron chi connectivity index (χ3n) is 8.20. The molecule has 0 spiro atoms. The molecule has 1 aliphatic heterocycles. The maximum Gasteiger partial charge on any atom is 0.326 e. The SMILES string of the molecule is CC[C@H](C)[C@@H]1NC(=O)CCCN(C(=O)c2csc(-c3ncccn3)n2)CCCNC(=O)c2ccc3[nH]c(=O)n(c3c2)CCCNC1=O. The molecule has 4 heterocycles. The van der Waals surface area contributed by atoms with Gasteiger partial charge in [-0.25, -0.2) is 19.7 Å². The number of hydrogen-bond acceptors (Lipinski definition) is 9. The lowest BCUT2D eigenvalue weighted by Gasteiger charge is -2.24. The molecule has 0 fully saturated rings. The quantitative estimate of drug-likeness (QED) is 0.257. The van der Waals surface area contributed by atoms with Crippen LogP contribution in [0, 0.1) is 5.92 Å². The fraction of sp³-hybridized carbons (Fsp3) is 0.438. The highest BCUT2D eigenvalue weighted by Gasteiger charge is 2.26. The standard InChI is InChI=1S/C32H39N9O5S/c1-3-20(2)26-29(44)36-14-7-17-41-24-18-21(9-10-22(24)38-32(41)46)28(43)35-13-6-16-40(15-4-8-25(42)39-26)31(45)23-19-47-30(37-23)27-33-11-5-12-34-27/h5,9-12,18-20,26H,3-4,6-8,13-17H2,1-2H3,(H,35,43)(H,36,44)(H,38,46)(H,39,42)/t20-,26-/m0/s1. The second-order valence-corrected chi connectivity index (χ2v) is 12.4. The molecule has 5 rings (SSSR count). The molecule has 2 atom stereocenters. The largest absolute Gasteiger partial charge is 0.354 e. The summed E-state index contributed by atoms with van der Waals surface area (Å²) in [5.41, 5.74) is 1.53. The molecular weight excluding hydrogens is 622 g/mol. The van der Waals surface area contributed by atoms with Crippen molar-refractivity contribution in [1.29, 1.82) is 0 Å². The van der Waals surface area contributed by atoms with Crippen molar-refractivity contribution in [3.8, 4) is 10.8 Å². The van der Waals surface area contributed by atoms with E-state index in [-0.39, 0.29) is 53.9 Å². The van der Waals surface area contributed by atoms with Crippen molar-refractivity contribution in [2.24, 2.45) is 5.92 Å². The molecule has 248 valence electrons. The Balaban J connectivity index is 1.35. The zero-order valence-electron chi connectivity index (χ0n) is 26.5. The summed E-state index contributed by atoms with van der Waals surface area (Å²) in [4.78, 5) is 82.8. The van der Waals surface area contributed by atoms with Gasteiger partial charge in [-0.3, -0.25) is 23.7 Å². The number of imidazole rings is 1. The van der Waals surface area contributed by atoms with Gasteiger partial charge in [-0.2, -0.15) is 0 Å². The van der Waals surface area contributed by atoms with Crippen molar-refractivity contribution < 1.29 is 19.2 Å². The number of amides is 4. The number of thiazole rings is 1. The van der Waals surface area contributed by atoms with Gasteiger partial charge in [-0.15, -0.1) is 11.3 Å². The average Bonchev–Trinajstić information content (AvgIpc) is 3.70. The predicted molar refractivity (Wildman–Crippen MR) is 177 cm³/mol. The molecule has 3 aromatic heterocycles. The van der Waals surface area contributed by atoms with Gasteiger partial charge in [-0.1, -0.05) is 20.3 Å². The van der Waals surface area contributed by atoms with Gasteiger partial charge in [0, 0.05) is 62.5 Å². The van der Waals surface area contributed by atoms with Gasteiger partial charge < -0.3 is 25.8 Å². The fourth-order valence-electron chi connectivity index (χ4n) is 5.39. The topological polar surface area (TPSA) is 184 Å². The summed E-state index contributed by atoms with van der Waals surface area (Å²) in [5.74, 6) is -0.862. The van der Waals surface area contributed by atoms with E-state index in [4.69, 9.17) is 0 Å². The summed E-state index contributed by atoms with van der Waals surface area (Å²) >= 11 is 1.27. The molecule has 2 bridgehead atoms. The number of H-pyrrole nitrogens is 1. The molecule has 1 aromatic carbocycles. The maximum atomic E-state index is 13.6. The first-order valence-corrected chi connectivity index (χ1v) is 16.7. The summed E-state index contributed by atoms with van der Waals surface area (Å²) in [6.07, 6.45) is 5.30. The Labute approximate surface area is 275 Å². The third kappa shape index (κ3) is 8.27. The number of benzene rings is 1. The number of hydrogen-bond donors (Lipinski definition) is 4. The number of fused-ring (bicyclic) bond motifs is 1. The van der Waals surface area contributed by atoms with E-state index in [0.29, 0.717) is 79.3 Å². The highest BCUT2D eigenvalue weighted by molar-refractivity contribution is 7.13. The van der Waals surface area contributed by atoms with Crippen molar-refractivity contribution in [3.05, 3.63) is 63.8 Å². The van der Waals surface area contributed by atoms with Crippen molar-refractivity contribution in [3.63, 3.8) is 0 Å². The Morgan fingerprint density at radius 3 is 2.55 bits per heavy atom. The summed E-state index contributed by atoms with van der Waals surface area (Å²) < 4.78 is 1.55. The van der Waals surface area contributed by atoms with Crippen molar-refractivity contribution in [2.75, 3.05) is 26.2 Å². The van der Waals surface area contributed by atoms with Crippen LogP contribution in [0.1, 0.15) is 66.8 Å². The fourth-order valence-corrected chi connectivity index (χ4v) is 6.13. The van der Waals surface area contributed by atoms with E-state index in [1.165, 1.54) is 11.3 Å². The van der Waals surface area contributed by atoms with Gasteiger partial charge in [0.2, 0.25) is 11.8 Å². The molecule has 0 radical (unpaired) electrons. The molecule has 47 heavy (non-hydrogen) atoms. The molecule has 0 saturated carbocycles. The van der Waals surface area contributed by atoms with Crippen LogP contribution in [0.4, 0.5) is 0 Å². The molecule has 14 nitrogen and oxygen atoms in total. The highest BCUT2D eigenvalue weighted by atomic mass is 32.1. The summed E-state index contributed by atoms with van der Waals surface area (Å²) in [5, 5.41) is 10.9. The van der Waals surface area contributed by atoms with E-state index < -0.39 is 6.04 Å². The Kier molecular flexibility index (Phi) is 11.1. The second-order valence-electron chi connectivity index (χ2n) is 11.5. The lowest BCUT2D eigenvalue weighted by molar-refractivity contribution is -0.130. The molecule has 4 amide bonds. The molecule has 4 aromatic rings. The number of carbonyl (C=O) groups excluding carboxylic acids is 4. The number of aromatic nitrogens is 5. The van der Waals surface area contributed by atoms with Crippen LogP contribution in [-0.4, -0.2) is 85.3 Å². The van der Waals surface area contributed by atoms with E-state index in [1.807, 2.05) is 13.8 Å². The average molecular weight is 662 g/mol. The minimum atomic E-state index is -0.719. The summed E-state index contributed by atoms with van der Waals surface area (Å²) in [7, 11) is 0. The van der Waals surface area contributed by atoms with Crippen LogP contribution in [0.25, 0.3) is 21.9 Å². The van der Waals surface area contributed by atoms with Crippen molar-refractivity contribution >= 4 is 46.0 Å². The molecule has 15 heteroatoms. The van der Waals surface area contributed by atoms with E-state index in [9.17, 15) is 24.0 Å². The molecular formula is C32H39N9O5S. The molecule has 0 unspecified atom stereocenters. The Morgan fingerprint density at radius 1 is 1.02 bits per heavy atom. The van der Waals surface area contributed by atoms with E-state index >= 15 is 0 Å². The van der Waals surface area contributed by atoms with Crippen molar-refractivity contribution in [1.82, 2.24) is 45.4 Å². The van der Waals surface area contributed by atoms with Gasteiger partial charge in [-0.05, 0) is 49.4 Å². The van der Waals surface area contributed by atoms with Crippen LogP contribution < -0.4 is 21.6 Å². The third-order valence-corrected chi connectivity index (χ3v) is 9.04. The molecule has 1 aliphatic rings. The molecule has 0 saturated heterocycles. The minimum Gasteiger partial charge on any atom is -0.354 e. The monoisotopic (exact) mass is 661 g/mol. The Hall–Kier alpha value is -4.92. The first-order valence-electron chi connectivity index (χ1n) is 15.8. The first kappa shape index (κ1) is 33.4. The van der Waals surface area contributed by atoms with Gasteiger partial charge in [0.1, 0.15) is 11.7 Å². The smallest absolute Gasteiger partial charge is 0.326 e. The number of aromatic amines is 1. The van der Waals surface area contributed by atoms with E-state index in [0.717, 1.165) is 0 Å². The zero-order valence-corrected chi connectivity index (χ0v) is 27.3. The maximum absolute atomic E-state index is 13.6. The van der Waals surface area contributed by atoms with Gasteiger partial charge in [0.25, 0.3) is 11.8 Å². The Morgan fingerprint density at radius 2 is 1.77 bits per heavy atom. The van der Waals surface area contributed by atoms with Crippen LogP contribution in [0.3, 0.4) is 0 Å². The van der Waals surface area contributed by atoms with Gasteiger partial charge in [0.05, 0.1) is 11.0 Å². The second kappa shape index (κ2) is 15.6. The number of carbonyl (C=O) groups is 4. The van der Waals surface area contributed by atoms with Crippen LogP contribution in [0.5, 0.6) is 0 Å². The normalized spacial score (nSPS) is 18.2. The van der Waals surface area contributed by atoms with E-state index in [1.54, 1.807) is 51.5 Å². The van der Waals surface area contributed by atoms with Crippen LogP contribution in [0.2, 0.25) is 0 Å². The van der Waals surface area contributed by atoms with Crippen molar-refractivity contribution in [2.45, 2.75) is 58.5 Å². The van der Waals surface area contributed by atoms with Crippen LogP contribution in [0.15, 0.2) is 46.8 Å². The first-order chi connectivity index (χ1) is 22.7. The van der Waals surface area contributed by atoms with Crippen LogP contribution in [-0.2, 0) is 16.1 Å². The number of nitrogens with zero attached hydrogens (tertiary/aromatic N) is 5. The summed E-state index contributed by atoms with van der Waals surface area (Å²) in [6, 6.07) is 6.00. The predicted octanol–water partition coefficient (Wildman–Crippen LogP) is 2.34. The van der Waals surface area contributed by atoms with Gasteiger partial charge >= 0.3 is 5.69 Å². The molecule has 4 N–H and O–H groups in total. The summed E-state index contributed by atoms with van der Waals surface area (Å²) in [6.45, 7) is 5.37. The highest BCUT2D eigenvalue weighted by Crippen LogP contribution is 2.21. The minimum absolute atomic E-state index is 0.106.